The number of sulfonamides is 1. The number of ketones is 1. The van der Waals surface area contributed by atoms with Crippen LogP contribution < -0.4 is 0 Å². The van der Waals surface area contributed by atoms with Crippen molar-refractivity contribution in [1.29, 1.82) is 0 Å². The molecule has 2 bridgehead atoms. The van der Waals surface area contributed by atoms with Gasteiger partial charge in [-0.2, -0.15) is 4.31 Å². The number of rotatable bonds is 4. The van der Waals surface area contributed by atoms with E-state index in [0.717, 1.165) is 5.56 Å². The first kappa shape index (κ1) is 18.8. The Kier molecular flexibility index (Phi) is 4.55. The third-order valence-corrected chi connectivity index (χ3v) is 7.67. The van der Waals surface area contributed by atoms with E-state index in [1.807, 2.05) is 6.92 Å². The summed E-state index contributed by atoms with van der Waals surface area (Å²) < 4.78 is 28.4. The van der Waals surface area contributed by atoms with Crippen LogP contribution in [0.25, 0.3) is 0 Å². The minimum Gasteiger partial charge on any atom is -0.299 e. The molecule has 1 aliphatic carbocycles. The van der Waals surface area contributed by atoms with Crippen LogP contribution in [0.15, 0.2) is 53.4 Å². The third kappa shape index (κ3) is 3.02. The van der Waals surface area contributed by atoms with Crippen LogP contribution in [-0.4, -0.2) is 29.5 Å². The van der Waals surface area contributed by atoms with E-state index in [2.05, 4.69) is 0 Å². The van der Waals surface area contributed by atoms with Crippen molar-refractivity contribution < 1.29 is 18.1 Å². The lowest BCUT2D eigenvalue weighted by molar-refractivity contribution is -0.384. The van der Waals surface area contributed by atoms with Gasteiger partial charge in [0, 0.05) is 30.5 Å². The van der Waals surface area contributed by atoms with Crippen LogP contribution in [0, 0.1) is 23.0 Å². The van der Waals surface area contributed by atoms with Crippen LogP contribution in [0.5, 0.6) is 0 Å². The Morgan fingerprint density at radius 3 is 2.25 bits per heavy atom. The fourth-order valence-corrected chi connectivity index (χ4v) is 6.19. The number of carbonyl (C=O) groups is 1. The van der Waals surface area contributed by atoms with Crippen molar-refractivity contribution in [3.63, 3.8) is 0 Å². The van der Waals surface area contributed by atoms with Gasteiger partial charge in [0.2, 0.25) is 10.0 Å². The minimum atomic E-state index is -3.81. The highest BCUT2D eigenvalue weighted by atomic mass is 32.2. The van der Waals surface area contributed by atoms with Gasteiger partial charge >= 0.3 is 0 Å². The Hall–Kier alpha value is -2.58. The highest BCUT2D eigenvalue weighted by Gasteiger charge is 2.52. The number of fused-ring (bicyclic) bond motifs is 3. The normalized spacial score (nSPS) is 25.0. The summed E-state index contributed by atoms with van der Waals surface area (Å²) in [6.07, 6.45) is 1.50. The third-order valence-electron chi connectivity index (χ3n) is 5.72. The first-order valence-electron chi connectivity index (χ1n) is 9.16. The standard InChI is InChI=1S/C20H20N2O5S/c1-13-2-9-17(10-3-13)28(26,27)21-16-8-11-18(19(23)12-16)20(21)14-4-6-15(7-5-14)22(24)25/h2-7,9-10,16,18,20H,8,11-12H2,1H3/t16-,18+,20-/m0/s1. The summed E-state index contributed by atoms with van der Waals surface area (Å²) in [4.78, 5) is 23.2. The van der Waals surface area contributed by atoms with Gasteiger partial charge in [0.15, 0.2) is 0 Å². The maximum atomic E-state index is 13.5. The van der Waals surface area contributed by atoms with Crippen LogP contribution in [0.2, 0.25) is 0 Å². The van der Waals surface area contributed by atoms with Gasteiger partial charge in [-0.15, -0.1) is 0 Å². The smallest absolute Gasteiger partial charge is 0.269 e. The number of benzene rings is 2. The minimum absolute atomic E-state index is 0.0648. The number of nitro benzene ring substituents is 1. The van der Waals surface area contributed by atoms with Crippen LogP contribution in [-0.2, 0) is 14.8 Å². The molecule has 1 saturated carbocycles. The van der Waals surface area contributed by atoms with Gasteiger partial charge < -0.3 is 0 Å². The van der Waals surface area contributed by atoms with Gasteiger partial charge in [0.1, 0.15) is 5.78 Å². The quantitative estimate of drug-likeness (QED) is 0.579. The molecule has 2 aromatic carbocycles. The molecule has 2 aliphatic heterocycles. The van der Waals surface area contributed by atoms with E-state index in [1.54, 1.807) is 36.4 Å². The lowest BCUT2D eigenvalue weighted by Gasteiger charge is -2.49. The molecular weight excluding hydrogens is 380 g/mol. The second kappa shape index (κ2) is 6.79. The van der Waals surface area contributed by atoms with Crippen LogP contribution in [0.3, 0.4) is 0 Å². The fraction of sp³-hybridized carbons (Fsp3) is 0.350. The number of nitro groups is 1. The van der Waals surface area contributed by atoms with Gasteiger partial charge in [-0.05, 0) is 37.5 Å². The Morgan fingerprint density at radius 2 is 1.68 bits per heavy atom. The molecule has 3 aliphatic rings. The monoisotopic (exact) mass is 400 g/mol. The molecule has 146 valence electrons. The van der Waals surface area contributed by atoms with Gasteiger partial charge in [0.25, 0.3) is 5.69 Å². The average Bonchev–Trinajstić information content (AvgIpc) is 2.68. The maximum absolute atomic E-state index is 13.5. The molecule has 2 aromatic rings. The van der Waals surface area contributed by atoms with E-state index in [-0.39, 0.29) is 28.8 Å². The molecule has 0 N–H and O–H groups in total. The summed E-state index contributed by atoms with van der Waals surface area (Å²) in [7, 11) is -3.81. The van der Waals surface area contributed by atoms with Gasteiger partial charge in [-0.25, -0.2) is 8.42 Å². The molecule has 7 nitrogen and oxygen atoms in total. The SMILES string of the molecule is Cc1ccc(S(=O)(=O)N2[C@H]3CC[C@H](C(=O)C3)[C@@H]2c2ccc([N+](=O)[O-])cc2)cc1. The zero-order valence-electron chi connectivity index (χ0n) is 15.3. The number of piperidine rings is 2. The molecule has 3 atom stereocenters. The molecule has 0 aromatic heterocycles. The van der Waals surface area contributed by atoms with E-state index < -0.39 is 26.9 Å². The number of non-ortho nitro benzene ring substituents is 1. The average molecular weight is 400 g/mol. The van der Waals surface area contributed by atoms with Crippen LogP contribution >= 0.6 is 0 Å². The molecular formula is C20H20N2O5S. The van der Waals surface area contributed by atoms with Crippen molar-refractivity contribution >= 4 is 21.5 Å². The number of hydrogen-bond donors (Lipinski definition) is 0. The molecule has 0 amide bonds. The molecule has 0 radical (unpaired) electrons. The zero-order valence-corrected chi connectivity index (χ0v) is 16.1. The number of aryl methyl sites for hydroxylation is 1. The Labute approximate surface area is 163 Å². The number of carbonyl (C=O) groups excluding carboxylic acids is 1. The van der Waals surface area contributed by atoms with Crippen molar-refractivity contribution in [2.75, 3.05) is 0 Å². The Balaban J connectivity index is 1.80. The topological polar surface area (TPSA) is 97.6 Å². The van der Waals surface area contributed by atoms with Gasteiger partial charge in [-0.3, -0.25) is 14.9 Å². The lowest BCUT2D eigenvalue weighted by Crippen LogP contribution is -2.56. The molecule has 0 spiro atoms. The van der Waals surface area contributed by atoms with E-state index in [0.29, 0.717) is 18.4 Å². The van der Waals surface area contributed by atoms with Crippen molar-refractivity contribution in [3.05, 3.63) is 69.8 Å². The molecule has 8 heteroatoms. The van der Waals surface area contributed by atoms with E-state index in [9.17, 15) is 23.3 Å². The molecule has 3 fully saturated rings. The molecule has 2 saturated heterocycles. The Morgan fingerprint density at radius 1 is 1.04 bits per heavy atom. The number of nitrogens with zero attached hydrogens (tertiary/aromatic N) is 2. The largest absolute Gasteiger partial charge is 0.299 e. The van der Waals surface area contributed by atoms with Gasteiger partial charge in [0.05, 0.1) is 15.9 Å². The summed E-state index contributed by atoms with van der Waals surface area (Å²) in [6, 6.07) is 11.5. The molecule has 28 heavy (non-hydrogen) atoms. The highest BCUT2D eigenvalue weighted by molar-refractivity contribution is 7.89. The Bertz CT molecular complexity index is 1030. The highest BCUT2D eigenvalue weighted by Crippen LogP contribution is 2.48. The lowest BCUT2D eigenvalue weighted by atomic mass is 9.73. The summed E-state index contributed by atoms with van der Waals surface area (Å²) >= 11 is 0. The molecule has 0 unspecified atom stereocenters. The number of Topliss-reactive ketones (excluding diaryl/α,β-unsaturated/α-hetero) is 1. The molecule has 2 heterocycles. The summed E-state index contributed by atoms with van der Waals surface area (Å²) in [6.45, 7) is 1.89. The predicted octanol–water partition coefficient (Wildman–Crippen LogP) is 3.39. The van der Waals surface area contributed by atoms with Crippen LogP contribution in [0.4, 0.5) is 5.69 Å². The first-order valence-corrected chi connectivity index (χ1v) is 10.6. The summed E-state index contributed by atoms with van der Waals surface area (Å²) in [5, 5.41) is 10.9. The summed E-state index contributed by atoms with van der Waals surface area (Å²) in [5.41, 5.74) is 1.51. The predicted molar refractivity (Wildman–Crippen MR) is 102 cm³/mol. The van der Waals surface area contributed by atoms with E-state index in [1.165, 1.54) is 16.4 Å². The summed E-state index contributed by atoms with van der Waals surface area (Å²) in [5.74, 6) is -0.360. The number of hydrogen-bond acceptors (Lipinski definition) is 5. The van der Waals surface area contributed by atoms with E-state index >= 15 is 0 Å². The van der Waals surface area contributed by atoms with Crippen molar-refractivity contribution in [1.82, 2.24) is 4.31 Å². The second-order valence-electron chi connectivity index (χ2n) is 7.45. The van der Waals surface area contributed by atoms with E-state index in [4.69, 9.17) is 0 Å². The maximum Gasteiger partial charge on any atom is 0.269 e. The zero-order chi connectivity index (χ0) is 20.1. The second-order valence-corrected chi connectivity index (χ2v) is 9.29. The van der Waals surface area contributed by atoms with Crippen molar-refractivity contribution in [2.24, 2.45) is 5.92 Å². The first-order chi connectivity index (χ1) is 13.3. The molecule has 5 rings (SSSR count). The van der Waals surface area contributed by atoms with Gasteiger partial charge in [-0.1, -0.05) is 29.8 Å². The fourth-order valence-electron chi connectivity index (χ4n) is 4.32. The van der Waals surface area contributed by atoms with Crippen molar-refractivity contribution in [3.8, 4) is 0 Å². The van der Waals surface area contributed by atoms with Crippen LogP contribution in [0.1, 0.15) is 36.4 Å². The van der Waals surface area contributed by atoms with Crippen molar-refractivity contribution in [2.45, 2.75) is 43.2 Å².